The Morgan fingerprint density at radius 1 is 1.05 bits per heavy atom. The lowest BCUT2D eigenvalue weighted by Crippen LogP contribution is -2.44. The lowest BCUT2D eigenvalue weighted by molar-refractivity contribution is -0.380. The van der Waals surface area contributed by atoms with Crippen LogP contribution in [0.3, 0.4) is 0 Å². The van der Waals surface area contributed by atoms with Crippen molar-refractivity contribution in [1.29, 1.82) is 0 Å². The van der Waals surface area contributed by atoms with Gasteiger partial charge >= 0.3 is 5.00 Å². The van der Waals surface area contributed by atoms with Crippen LogP contribution in [0.2, 0.25) is 0 Å². The van der Waals surface area contributed by atoms with Crippen LogP contribution in [0.25, 0.3) is 10.4 Å². The summed E-state index contributed by atoms with van der Waals surface area (Å²) in [4.78, 5) is 16.0. The monoisotopic (exact) mass is 303 g/mol. The number of nitro groups is 1. The van der Waals surface area contributed by atoms with Crippen molar-refractivity contribution in [3.63, 3.8) is 0 Å². The predicted molar refractivity (Wildman–Crippen MR) is 86.1 cm³/mol. The van der Waals surface area contributed by atoms with Crippen LogP contribution in [-0.2, 0) is 0 Å². The second-order valence-corrected chi connectivity index (χ2v) is 6.29. The van der Waals surface area contributed by atoms with Crippen molar-refractivity contribution >= 4 is 22.0 Å². The molecule has 1 aliphatic heterocycles. The Morgan fingerprint density at radius 3 is 2.29 bits per heavy atom. The molecule has 3 rings (SSSR count). The van der Waals surface area contributed by atoms with Gasteiger partial charge in [-0.25, -0.2) is 0 Å². The zero-order valence-electron chi connectivity index (χ0n) is 11.9. The normalized spacial score (nSPS) is 16.1. The van der Waals surface area contributed by atoms with Gasteiger partial charge in [0.25, 0.3) is 0 Å². The van der Waals surface area contributed by atoms with Crippen molar-refractivity contribution in [3.8, 4) is 10.4 Å². The van der Waals surface area contributed by atoms with Gasteiger partial charge in [0.15, 0.2) is 0 Å². The van der Waals surface area contributed by atoms with E-state index in [4.69, 9.17) is 0 Å². The zero-order valence-corrected chi connectivity index (χ0v) is 12.7. The molecule has 0 aliphatic carbocycles. The average molecular weight is 303 g/mol. The molecule has 0 radical (unpaired) electrons. The molecule has 0 unspecified atom stereocenters. The maximum absolute atomic E-state index is 10.7. The Labute approximate surface area is 127 Å². The molecule has 110 valence electrons. The summed E-state index contributed by atoms with van der Waals surface area (Å²) in [5.41, 5.74) is 2.25. The van der Waals surface area contributed by atoms with Crippen LogP contribution < -0.4 is 4.90 Å². The van der Waals surface area contributed by atoms with E-state index in [0.29, 0.717) is 0 Å². The fraction of sp³-hybridized carbons (Fsp3) is 0.333. The van der Waals surface area contributed by atoms with E-state index < -0.39 is 0 Å². The van der Waals surface area contributed by atoms with E-state index in [1.165, 1.54) is 17.0 Å². The molecule has 1 saturated heterocycles. The van der Waals surface area contributed by atoms with E-state index in [2.05, 4.69) is 29.0 Å². The van der Waals surface area contributed by atoms with Gasteiger partial charge in [0.05, 0.1) is 4.92 Å². The average Bonchev–Trinajstić information content (AvgIpc) is 2.98. The highest BCUT2D eigenvalue weighted by molar-refractivity contribution is 7.18. The molecule has 2 heterocycles. The van der Waals surface area contributed by atoms with Crippen LogP contribution in [0.5, 0.6) is 0 Å². The van der Waals surface area contributed by atoms with Crippen molar-refractivity contribution in [3.05, 3.63) is 46.5 Å². The highest BCUT2D eigenvalue weighted by Gasteiger charge is 2.15. The second-order valence-electron chi connectivity index (χ2n) is 5.23. The Kier molecular flexibility index (Phi) is 3.90. The van der Waals surface area contributed by atoms with Crippen LogP contribution in [0.1, 0.15) is 0 Å². The standard InChI is InChI=1S/C15H17N3O2S/c1-16-8-10-17(11-9-16)13-4-2-12(3-5-13)14-6-7-15(21-14)18(19)20/h2-7H,8-11H2,1H3. The minimum Gasteiger partial charge on any atom is -0.369 e. The SMILES string of the molecule is CN1CCN(c2ccc(-c3ccc([N+](=O)[O-])s3)cc2)CC1. The summed E-state index contributed by atoms with van der Waals surface area (Å²) in [6.45, 7) is 4.25. The van der Waals surface area contributed by atoms with Crippen LogP contribution in [0.15, 0.2) is 36.4 Å². The molecule has 1 aliphatic rings. The topological polar surface area (TPSA) is 49.6 Å². The number of hydrogen-bond donors (Lipinski definition) is 0. The third kappa shape index (κ3) is 3.06. The van der Waals surface area contributed by atoms with Crippen molar-refractivity contribution in [1.82, 2.24) is 4.90 Å². The number of thiophene rings is 1. The van der Waals surface area contributed by atoms with E-state index in [1.807, 2.05) is 18.2 Å². The maximum Gasteiger partial charge on any atom is 0.324 e. The van der Waals surface area contributed by atoms with Crippen LogP contribution >= 0.6 is 11.3 Å². The molecule has 2 aromatic rings. The third-order valence-corrected chi connectivity index (χ3v) is 4.88. The molecule has 0 N–H and O–H groups in total. The van der Waals surface area contributed by atoms with Gasteiger partial charge in [-0.15, -0.1) is 0 Å². The van der Waals surface area contributed by atoms with Crippen LogP contribution in [0, 0.1) is 10.1 Å². The zero-order chi connectivity index (χ0) is 14.8. The molecular weight excluding hydrogens is 286 g/mol. The summed E-state index contributed by atoms with van der Waals surface area (Å²) < 4.78 is 0. The molecule has 5 nitrogen and oxygen atoms in total. The lowest BCUT2D eigenvalue weighted by atomic mass is 10.1. The summed E-state index contributed by atoms with van der Waals surface area (Å²) in [7, 11) is 2.14. The number of likely N-dealkylation sites (N-methyl/N-ethyl adjacent to an activating group) is 1. The number of nitrogens with zero attached hydrogens (tertiary/aromatic N) is 3. The maximum atomic E-state index is 10.7. The van der Waals surface area contributed by atoms with Crippen LogP contribution in [0.4, 0.5) is 10.7 Å². The Morgan fingerprint density at radius 2 is 1.71 bits per heavy atom. The highest BCUT2D eigenvalue weighted by atomic mass is 32.1. The first-order valence-electron chi connectivity index (χ1n) is 6.91. The summed E-state index contributed by atoms with van der Waals surface area (Å²) in [5, 5.41) is 10.9. The summed E-state index contributed by atoms with van der Waals surface area (Å²) in [6.07, 6.45) is 0. The first-order chi connectivity index (χ1) is 10.1. The van der Waals surface area contributed by atoms with E-state index in [-0.39, 0.29) is 9.92 Å². The number of hydrogen-bond acceptors (Lipinski definition) is 5. The van der Waals surface area contributed by atoms with Crippen LogP contribution in [-0.4, -0.2) is 43.0 Å². The third-order valence-electron chi connectivity index (χ3n) is 3.79. The molecule has 1 aromatic carbocycles. The minimum absolute atomic E-state index is 0.188. The number of rotatable bonds is 3. The number of benzene rings is 1. The van der Waals surface area contributed by atoms with Gasteiger partial charge in [0.1, 0.15) is 0 Å². The van der Waals surface area contributed by atoms with Gasteiger partial charge in [-0.2, -0.15) is 0 Å². The van der Waals surface area contributed by atoms with Gasteiger partial charge in [0.2, 0.25) is 0 Å². The van der Waals surface area contributed by atoms with Gasteiger partial charge in [0, 0.05) is 42.8 Å². The molecule has 0 atom stereocenters. The van der Waals surface area contributed by atoms with Crippen molar-refractivity contribution in [2.75, 3.05) is 38.1 Å². The largest absolute Gasteiger partial charge is 0.369 e. The molecule has 21 heavy (non-hydrogen) atoms. The first-order valence-corrected chi connectivity index (χ1v) is 7.73. The van der Waals surface area contributed by atoms with Crippen molar-refractivity contribution < 1.29 is 4.92 Å². The minimum atomic E-state index is -0.341. The lowest BCUT2D eigenvalue weighted by Gasteiger charge is -2.34. The van der Waals surface area contributed by atoms with E-state index in [0.717, 1.165) is 36.6 Å². The Balaban J connectivity index is 1.75. The molecule has 1 aromatic heterocycles. The number of piperazine rings is 1. The van der Waals surface area contributed by atoms with Gasteiger partial charge in [-0.3, -0.25) is 10.1 Å². The van der Waals surface area contributed by atoms with Gasteiger partial charge < -0.3 is 9.80 Å². The quantitative estimate of drug-likeness (QED) is 0.646. The summed E-state index contributed by atoms with van der Waals surface area (Å²) in [5.74, 6) is 0. The smallest absolute Gasteiger partial charge is 0.324 e. The van der Waals surface area contributed by atoms with E-state index in [1.54, 1.807) is 6.07 Å². The highest BCUT2D eigenvalue weighted by Crippen LogP contribution is 2.33. The molecule has 0 saturated carbocycles. The van der Waals surface area contributed by atoms with Crippen molar-refractivity contribution in [2.45, 2.75) is 0 Å². The molecule has 6 heteroatoms. The van der Waals surface area contributed by atoms with Gasteiger partial charge in [-0.1, -0.05) is 23.5 Å². The summed E-state index contributed by atoms with van der Waals surface area (Å²) in [6, 6.07) is 11.7. The number of anilines is 1. The molecule has 0 bridgehead atoms. The second kappa shape index (κ2) is 5.83. The van der Waals surface area contributed by atoms with Crippen molar-refractivity contribution in [2.24, 2.45) is 0 Å². The molecular formula is C15H17N3O2S. The first kappa shape index (κ1) is 14.0. The fourth-order valence-electron chi connectivity index (χ4n) is 2.48. The Hall–Kier alpha value is -1.92. The summed E-state index contributed by atoms with van der Waals surface area (Å²) >= 11 is 1.22. The molecule has 1 fully saturated rings. The van der Waals surface area contributed by atoms with E-state index >= 15 is 0 Å². The fourth-order valence-corrected chi connectivity index (χ4v) is 3.31. The van der Waals surface area contributed by atoms with Gasteiger partial charge in [-0.05, 0) is 30.8 Å². The Bertz CT molecular complexity index is 631. The molecule has 0 spiro atoms. The molecule has 0 amide bonds. The van der Waals surface area contributed by atoms with E-state index in [9.17, 15) is 10.1 Å². The predicted octanol–water partition coefficient (Wildman–Crippen LogP) is 3.08.